The smallest absolute Gasteiger partial charge is 0.303 e. The van der Waals surface area contributed by atoms with Crippen molar-refractivity contribution in [2.24, 2.45) is 0 Å². The zero-order chi connectivity index (χ0) is 10.6. The summed E-state index contributed by atoms with van der Waals surface area (Å²) in [7, 11) is 2.11. The maximum absolute atomic E-state index is 10.4. The van der Waals surface area contributed by atoms with E-state index >= 15 is 0 Å². The molecule has 0 aromatic rings. The minimum absolute atomic E-state index is 0.261. The van der Waals surface area contributed by atoms with Crippen molar-refractivity contribution >= 4 is 5.97 Å². The summed E-state index contributed by atoms with van der Waals surface area (Å²) in [6, 6.07) is 0.853. The van der Waals surface area contributed by atoms with Gasteiger partial charge in [0.05, 0.1) is 0 Å². The molecular weight excluding hydrogens is 180 g/mol. The molecule has 1 fully saturated rings. The Kier molecular flexibility index (Phi) is 4.35. The van der Waals surface area contributed by atoms with E-state index in [0.717, 1.165) is 19.5 Å². The van der Waals surface area contributed by atoms with Gasteiger partial charge in [0, 0.05) is 25.0 Å². The Bertz CT molecular complexity index is 197. The molecule has 14 heavy (non-hydrogen) atoms. The molecule has 0 bridgehead atoms. The van der Waals surface area contributed by atoms with Crippen molar-refractivity contribution in [2.75, 3.05) is 20.1 Å². The lowest BCUT2D eigenvalue weighted by atomic mass is 10.1. The molecule has 1 rings (SSSR count). The third kappa shape index (κ3) is 4.07. The molecule has 2 N–H and O–H groups in total. The zero-order valence-electron chi connectivity index (χ0n) is 8.99. The summed E-state index contributed by atoms with van der Waals surface area (Å²) in [5.41, 5.74) is 0. The normalized spacial score (nSPS) is 25.1. The first-order valence-corrected chi connectivity index (χ1v) is 5.24. The van der Waals surface area contributed by atoms with Crippen LogP contribution >= 0.6 is 0 Å². The predicted octanol–water partition coefficient (Wildman–Crippen LogP) is 0.533. The van der Waals surface area contributed by atoms with Gasteiger partial charge in [0.25, 0.3) is 0 Å². The van der Waals surface area contributed by atoms with Crippen LogP contribution < -0.4 is 5.32 Å². The molecule has 1 saturated heterocycles. The van der Waals surface area contributed by atoms with Crippen molar-refractivity contribution in [3.63, 3.8) is 0 Å². The van der Waals surface area contributed by atoms with Gasteiger partial charge in [0.15, 0.2) is 0 Å². The molecule has 0 aromatic heterocycles. The van der Waals surface area contributed by atoms with Crippen LogP contribution in [0.2, 0.25) is 0 Å². The van der Waals surface area contributed by atoms with Gasteiger partial charge in [-0.2, -0.15) is 0 Å². The molecule has 1 aliphatic rings. The van der Waals surface area contributed by atoms with Crippen LogP contribution in [0.3, 0.4) is 0 Å². The van der Waals surface area contributed by atoms with Crippen LogP contribution in [-0.2, 0) is 4.79 Å². The molecule has 0 amide bonds. The van der Waals surface area contributed by atoms with E-state index in [1.165, 1.54) is 6.42 Å². The van der Waals surface area contributed by atoms with Gasteiger partial charge in [-0.3, -0.25) is 4.79 Å². The molecule has 1 heterocycles. The number of likely N-dealkylation sites (N-methyl/N-ethyl adjacent to an activating group) is 1. The number of nitrogens with one attached hydrogen (secondary N) is 1. The molecule has 2 atom stereocenters. The maximum Gasteiger partial charge on any atom is 0.303 e. The number of hydrogen-bond acceptors (Lipinski definition) is 3. The third-order valence-corrected chi connectivity index (χ3v) is 2.70. The number of rotatable bonds is 5. The third-order valence-electron chi connectivity index (χ3n) is 2.70. The van der Waals surface area contributed by atoms with Crippen molar-refractivity contribution in [3.8, 4) is 0 Å². The Morgan fingerprint density at radius 2 is 2.43 bits per heavy atom. The van der Waals surface area contributed by atoms with Crippen molar-refractivity contribution < 1.29 is 9.90 Å². The molecule has 0 saturated carbocycles. The first-order valence-electron chi connectivity index (χ1n) is 5.24. The molecule has 0 spiro atoms. The molecule has 1 aliphatic heterocycles. The van der Waals surface area contributed by atoms with E-state index in [1.807, 2.05) is 0 Å². The van der Waals surface area contributed by atoms with Gasteiger partial charge in [0.2, 0.25) is 0 Å². The second-order valence-electron chi connectivity index (χ2n) is 4.25. The average Bonchev–Trinajstić information content (AvgIpc) is 2.48. The molecule has 4 nitrogen and oxygen atoms in total. The van der Waals surface area contributed by atoms with Crippen LogP contribution in [0.5, 0.6) is 0 Å². The predicted molar refractivity (Wildman–Crippen MR) is 55.4 cm³/mol. The molecule has 0 aliphatic carbocycles. The number of likely N-dealkylation sites (tertiary alicyclic amines) is 1. The summed E-state index contributed by atoms with van der Waals surface area (Å²) in [6.45, 7) is 4.28. The summed E-state index contributed by atoms with van der Waals surface area (Å²) in [5.74, 6) is -0.706. The van der Waals surface area contributed by atoms with Crippen LogP contribution in [0.1, 0.15) is 26.2 Å². The highest BCUT2D eigenvalue weighted by atomic mass is 16.4. The Morgan fingerprint density at radius 1 is 1.71 bits per heavy atom. The standard InChI is InChI=1S/C10H20N2O2/c1-8(3-4-10(13)14)11-9-5-6-12(2)7-9/h8-9,11H,3-7H2,1-2H3,(H,13,14). The summed E-state index contributed by atoms with van der Waals surface area (Å²) in [6.07, 6.45) is 2.15. The average molecular weight is 200 g/mol. The van der Waals surface area contributed by atoms with Crippen molar-refractivity contribution in [1.29, 1.82) is 0 Å². The zero-order valence-corrected chi connectivity index (χ0v) is 8.99. The lowest BCUT2D eigenvalue weighted by molar-refractivity contribution is -0.137. The molecule has 82 valence electrons. The largest absolute Gasteiger partial charge is 0.481 e. The molecule has 2 unspecified atom stereocenters. The Labute approximate surface area is 85.3 Å². The summed E-state index contributed by atoms with van der Waals surface area (Å²) in [5, 5.41) is 12.0. The fourth-order valence-electron chi connectivity index (χ4n) is 1.90. The Morgan fingerprint density at radius 3 is 2.93 bits per heavy atom. The molecule has 0 aromatic carbocycles. The quantitative estimate of drug-likeness (QED) is 0.680. The van der Waals surface area contributed by atoms with E-state index in [4.69, 9.17) is 5.11 Å². The van der Waals surface area contributed by atoms with Crippen molar-refractivity contribution in [2.45, 2.75) is 38.3 Å². The molecule has 0 radical (unpaired) electrons. The van der Waals surface area contributed by atoms with E-state index in [1.54, 1.807) is 0 Å². The second kappa shape index (κ2) is 5.32. The molecular formula is C10H20N2O2. The van der Waals surface area contributed by atoms with Gasteiger partial charge in [0.1, 0.15) is 0 Å². The number of nitrogens with zero attached hydrogens (tertiary/aromatic N) is 1. The van der Waals surface area contributed by atoms with Gasteiger partial charge in [-0.15, -0.1) is 0 Å². The number of aliphatic carboxylic acids is 1. The minimum atomic E-state index is -0.706. The Hall–Kier alpha value is -0.610. The summed E-state index contributed by atoms with van der Waals surface area (Å²) in [4.78, 5) is 12.7. The van der Waals surface area contributed by atoms with E-state index in [2.05, 4.69) is 24.2 Å². The topological polar surface area (TPSA) is 52.6 Å². The van der Waals surface area contributed by atoms with Crippen LogP contribution in [-0.4, -0.2) is 48.2 Å². The van der Waals surface area contributed by atoms with Crippen molar-refractivity contribution in [3.05, 3.63) is 0 Å². The number of hydrogen-bond donors (Lipinski definition) is 2. The Balaban J connectivity index is 2.13. The van der Waals surface area contributed by atoms with Crippen molar-refractivity contribution in [1.82, 2.24) is 10.2 Å². The first-order chi connectivity index (χ1) is 6.58. The summed E-state index contributed by atoms with van der Waals surface area (Å²) >= 11 is 0. The SMILES string of the molecule is CC(CCC(=O)O)NC1CCN(C)C1. The first kappa shape index (κ1) is 11.5. The number of carbonyl (C=O) groups is 1. The van der Waals surface area contributed by atoms with Gasteiger partial charge in [-0.25, -0.2) is 0 Å². The lowest BCUT2D eigenvalue weighted by Gasteiger charge is -2.18. The van der Waals surface area contributed by atoms with Gasteiger partial charge >= 0.3 is 5.97 Å². The number of carboxylic acid groups (broad SMARTS) is 1. The highest BCUT2D eigenvalue weighted by molar-refractivity contribution is 5.66. The molecule has 4 heteroatoms. The van der Waals surface area contributed by atoms with E-state index < -0.39 is 5.97 Å². The number of carboxylic acids is 1. The monoisotopic (exact) mass is 200 g/mol. The fraction of sp³-hybridized carbons (Fsp3) is 0.900. The highest BCUT2D eigenvalue weighted by Gasteiger charge is 2.20. The highest BCUT2D eigenvalue weighted by Crippen LogP contribution is 2.08. The second-order valence-corrected chi connectivity index (χ2v) is 4.25. The van der Waals surface area contributed by atoms with Gasteiger partial charge in [-0.1, -0.05) is 0 Å². The van der Waals surface area contributed by atoms with Gasteiger partial charge in [-0.05, 0) is 33.4 Å². The summed E-state index contributed by atoms with van der Waals surface area (Å²) < 4.78 is 0. The fourth-order valence-corrected chi connectivity index (χ4v) is 1.90. The van der Waals surface area contributed by atoms with Crippen LogP contribution in [0.15, 0.2) is 0 Å². The van der Waals surface area contributed by atoms with Crippen LogP contribution in [0.25, 0.3) is 0 Å². The minimum Gasteiger partial charge on any atom is -0.481 e. The maximum atomic E-state index is 10.4. The van der Waals surface area contributed by atoms with Crippen LogP contribution in [0, 0.1) is 0 Å². The lowest BCUT2D eigenvalue weighted by Crippen LogP contribution is -2.38. The van der Waals surface area contributed by atoms with E-state index in [0.29, 0.717) is 12.1 Å². The van der Waals surface area contributed by atoms with E-state index in [-0.39, 0.29) is 6.42 Å². The van der Waals surface area contributed by atoms with Gasteiger partial charge < -0.3 is 15.3 Å². The van der Waals surface area contributed by atoms with Crippen LogP contribution in [0.4, 0.5) is 0 Å². The van der Waals surface area contributed by atoms with E-state index in [9.17, 15) is 4.79 Å².